The van der Waals surface area contributed by atoms with Crippen molar-refractivity contribution in [2.45, 2.75) is 38.8 Å². The van der Waals surface area contributed by atoms with Gasteiger partial charge in [0.1, 0.15) is 18.2 Å². The number of benzene rings is 1. The van der Waals surface area contributed by atoms with Crippen LogP contribution in [0.25, 0.3) is 0 Å². The lowest BCUT2D eigenvalue weighted by atomic mass is 9.88. The molecule has 2 N–H and O–H groups in total. The zero-order valence-electron chi connectivity index (χ0n) is 12.0. The number of nitrogens with zero attached hydrogens (tertiary/aromatic N) is 3. The summed E-state index contributed by atoms with van der Waals surface area (Å²) in [4.78, 5) is 0. The van der Waals surface area contributed by atoms with Gasteiger partial charge in [-0.05, 0) is 49.4 Å². The number of aromatic nitrogens is 3. The van der Waals surface area contributed by atoms with Crippen molar-refractivity contribution in [3.05, 3.63) is 41.0 Å². The van der Waals surface area contributed by atoms with Crippen LogP contribution in [0.4, 0.5) is 0 Å². The van der Waals surface area contributed by atoms with E-state index in [9.17, 15) is 0 Å². The van der Waals surface area contributed by atoms with Crippen LogP contribution in [0.2, 0.25) is 0 Å². The molecule has 2 aromatic rings. The first-order valence-corrected chi connectivity index (χ1v) is 7.01. The highest BCUT2D eigenvalue weighted by atomic mass is 16.5. The summed E-state index contributed by atoms with van der Waals surface area (Å²) in [5.74, 6) is 2.56. The van der Waals surface area contributed by atoms with E-state index in [1.54, 1.807) is 0 Å². The van der Waals surface area contributed by atoms with Crippen LogP contribution in [-0.2, 0) is 20.1 Å². The second-order valence-electron chi connectivity index (χ2n) is 5.37. The monoisotopic (exact) mass is 272 g/mol. The Morgan fingerprint density at radius 3 is 3.00 bits per heavy atom. The molecule has 1 atom stereocenters. The second kappa shape index (κ2) is 5.25. The number of hydrogen-bond acceptors (Lipinski definition) is 4. The maximum atomic E-state index is 6.17. The number of nitrogens with two attached hydrogens (primary N) is 1. The molecule has 0 radical (unpaired) electrons. The Morgan fingerprint density at radius 1 is 1.40 bits per heavy atom. The summed E-state index contributed by atoms with van der Waals surface area (Å²) in [5, 5.41) is 8.12. The number of ether oxygens (including phenoxy) is 1. The fourth-order valence-corrected chi connectivity index (χ4v) is 2.63. The molecule has 0 saturated heterocycles. The van der Waals surface area contributed by atoms with Crippen LogP contribution in [0.15, 0.2) is 18.2 Å². The first kappa shape index (κ1) is 13.1. The van der Waals surface area contributed by atoms with E-state index in [-0.39, 0.29) is 6.04 Å². The normalized spacial score (nSPS) is 17.9. The Morgan fingerprint density at radius 2 is 2.25 bits per heavy atom. The third-order valence-electron chi connectivity index (χ3n) is 4.03. The molecule has 106 valence electrons. The van der Waals surface area contributed by atoms with E-state index in [4.69, 9.17) is 10.5 Å². The number of aryl methyl sites for hydroxylation is 2. The number of hydrogen-bond donors (Lipinski definition) is 1. The molecule has 1 aromatic heterocycles. The Kier molecular flexibility index (Phi) is 3.44. The molecule has 0 amide bonds. The SMILES string of the molecule is Cc1nnc(COc2ccc3c(c2)[C@H](N)CCC3)n1C. The summed E-state index contributed by atoms with van der Waals surface area (Å²) >= 11 is 0. The van der Waals surface area contributed by atoms with E-state index < -0.39 is 0 Å². The number of rotatable bonds is 3. The lowest BCUT2D eigenvalue weighted by Gasteiger charge is -2.22. The van der Waals surface area contributed by atoms with Gasteiger partial charge in [0.15, 0.2) is 5.82 Å². The topological polar surface area (TPSA) is 66.0 Å². The molecule has 5 nitrogen and oxygen atoms in total. The molecule has 0 saturated carbocycles. The summed E-state index contributed by atoms with van der Waals surface area (Å²) in [6.45, 7) is 2.35. The molecule has 0 aliphatic heterocycles. The molecule has 1 aliphatic carbocycles. The van der Waals surface area contributed by atoms with Crippen molar-refractivity contribution in [1.29, 1.82) is 0 Å². The van der Waals surface area contributed by atoms with E-state index in [0.717, 1.165) is 30.2 Å². The summed E-state index contributed by atoms with van der Waals surface area (Å²) in [5.41, 5.74) is 8.75. The first-order valence-electron chi connectivity index (χ1n) is 7.01. The summed E-state index contributed by atoms with van der Waals surface area (Å²) in [6.07, 6.45) is 3.34. The molecule has 0 fully saturated rings. The summed E-state index contributed by atoms with van der Waals surface area (Å²) in [7, 11) is 1.94. The zero-order valence-corrected chi connectivity index (χ0v) is 12.0. The Balaban J connectivity index is 1.75. The predicted molar refractivity (Wildman–Crippen MR) is 76.4 cm³/mol. The van der Waals surface area contributed by atoms with Crippen molar-refractivity contribution in [2.75, 3.05) is 0 Å². The van der Waals surface area contributed by atoms with E-state index in [2.05, 4.69) is 22.3 Å². The van der Waals surface area contributed by atoms with Crippen molar-refractivity contribution >= 4 is 0 Å². The quantitative estimate of drug-likeness (QED) is 0.928. The molecule has 1 heterocycles. The largest absolute Gasteiger partial charge is 0.486 e. The van der Waals surface area contributed by atoms with Gasteiger partial charge in [-0.2, -0.15) is 0 Å². The maximum absolute atomic E-state index is 6.17. The zero-order chi connectivity index (χ0) is 14.1. The second-order valence-corrected chi connectivity index (χ2v) is 5.37. The standard InChI is InChI=1S/C15H20N4O/c1-10-17-18-15(19(10)2)9-20-12-7-6-11-4-3-5-14(16)13(11)8-12/h6-8,14H,3-5,9,16H2,1-2H3/t14-/m1/s1. The van der Waals surface area contributed by atoms with Crippen molar-refractivity contribution in [3.8, 4) is 5.75 Å². The van der Waals surface area contributed by atoms with E-state index in [0.29, 0.717) is 6.61 Å². The smallest absolute Gasteiger partial charge is 0.170 e. The van der Waals surface area contributed by atoms with Gasteiger partial charge >= 0.3 is 0 Å². The molecular weight excluding hydrogens is 252 g/mol. The number of fused-ring (bicyclic) bond motifs is 1. The average molecular weight is 272 g/mol. The lowest BCUT2D eigenvalue weighted by molar-refractivity contribution is 0.290. The molecule has 0 unspecified atom stereocenters. The molecule has 1 aliphatic rings. The molecule has 5 heteroatoms. The minimum atomic E-state index is 0.138. The van der Waals surface area contributed by atoms with Gasteiger partial charge in [0.05, 0.1) is 0 Å². The van der Waals surface area contributed by atoms with Crippen molar-refractivity contribution in [3.63, 3.8) is 0 Å². The van der Waals surface area contributed by atoms with Gasteiger partial charge < -0.3 is 15.0 Å². The van der Waals surface area contributed by atoms with Gasteiger partial charge in [-0.1, -0.05) is 6.07 Å². The lowest BCUT2D eigenvalue weighted by Crippen LogP contribution is -2.17. The Labute approximate surface area is 118 Å². The van der Waals surface area contributed by atoms with Crippen LogP contribution in [0.3, 0.4) is 0 Å². The van der Waals surface area contributed by atoms with Gasteiger partial charge in [-0.3, -0.25) is 0 Å². The van der Waals surface area contributed by atoms with Crippen LogP contribution in [0.1, 0.15) is 41.7 Å². The molecule has 0 spiro atoms. The Hall–Kier alpha value is -1.88. The van der Waals surface area contributed by atoms with Crippen LogP contribution < -0.4 is 10.5 Å². The molecule has 20 heavy (non-hydrogen) atoms. The Bertz CT molecular complexity index is 620. The van der Waals surface area contributed by atoms with Crippen LogP contribution in [-0.4, -0.2) is 14.8 Å². The minimum absolute atomic E-state index is 0.138. The molecule has 3 rings (SSSR count). The van der Waals surface area contributed by atoms with Gasteiger partial charge in [-0.25, -0.2) is 0 Å². The van der Waals surface area contributed by atoms with Gasteiger partial charge in [0, 0.05) is 13.1 Å². The molecule has 0 bridgehead atoms. The van der Waals surface area contributed by atoms with E-state index in [1.807, 2.05) is 24.6 Å². The van der Waals surface area contributed by atoms with Crippen molar-refractivity contribution in [2.24, 2.45) is 12.8 Å². The van der Waals surface area contributed by atoms with E-state index in [1.165, 1.54) is 17.5 Å². The minimum Gasteiger partial charge on any atom is -0.486 e. The summed E-state index contributed by atoms with van der Waals surface area (Å²) in [6, 6.07) is 6.35. The van der Waals surface area contributed by atoms with Gasteiger partial charge in [0.25, 0.3) is 0 Å². The molecule has 1 aromatic carbocycles. The van der Waals surface area contributed by atoms with Crippen LogP contribution >= 0.6 is 0 Å². The van der Waals surface area contributed by atoms with Crippen molar-refractivity contribution in [1.82, 2.24) is 14.8 Å². The molecular formula is C15H20N4O. The van der Waals surface area contributed by atoms with Gasteiger partial charge in [0.2, 0.25) is 0 Å². The van der Waals surface area contributed by atoms with Crippen LogP contribution in [0.5, 0.6) is 5.75 Å². The maximum Gasteiger partial charge on any atom is 0.170 e. The fraction of sp³-hybridized carbons (Fsp3) is 0.467. The average Bonchev–Trinajstić information content (AvgIpc) is 2.77. The van der Waals surface area contributed by atoms with Gasteiger partial charge in [-0.15, -0.1) is 10.2 Å². The van der Waals surface area contributed by atoms with Crippen molar-refractivity contribution < 1.29 is 4.74 Å². The fourth-order valence-electron chi connectivity index (χ4n) is 2.63. The highest BCUT2D eigenvalue weighted by Gasteiger charge is 2.17. The third-order valence-corrected chi connectivity index (χ3v) is 4.03. The summed E-state index contributed by atoms with van der Waals surface area (Å²) < 4.78 is 7.76. The third kappa shape index (κ3) is 2.41. The highest BCUT2D eigenvalue weighted by Crippen LogP contribution is 2.31. The van der Waals surface area contributed by atoms with Crippen LogP contribution in [0, 0.1) is 6.92 Å². The van der Waals surface area contributed by atoms with E-state index >= 15 is 0 Å². The highest BCUT2D eigenvalue weighted by molar-refractivity contribution is 5.39. The predicted octanol–water partition coefficient (Wildman–Crippen LogP) is 2.04. The first-order chi connectivity index (χ1) is 9.65.